The number of hydrogen-bond acceptors (Lipinski definition) is 0. The highest BCUT2D eigenvalue weighted by atomic mass is 14.1. The van der Waals surface area contributed by atoms with E-state index in [1.54, 1.807) is 0 Å². The molecule has 2 rings (SSSR count). The van der Waals surface area contributed by atoms with Crippen LogP contribution in [0.3, 0.4) is 0 Å². The van der Waals surface area contributed by atoms with Crippen molar-refractivity contribution in [2.24, 2.45) is 0 Å². The van der Waals surface area contributed by atoms with Crippen LogP contribution in [0, 0.1) is 41.5 Å². The summed E-state index contributed by atoms with van der Waals surface area (Å²) in [4.78, 5) is 0. The van der Waals surface area contributed by atoms with Gasteiger partial charge in [0.25, 0.3) is 0 Å². The zero-order valence-corrected chi connectivity index (χ0v) is 17.5. The van der Waals surface area contributed by atoms with Crippen molar-refractivity contribution in [3.8, 4) is 0 Å². The largest absolute Gasteiger partial charge is 0.0587 e. The minimum atomic E-state index is 0.643. The van der Waals surface area contributed by atoms with E-state index in [-0.39, 0.29) is 0 Å². The van der Waals surface area contributed by atoms with Gasteiger partial charge in [0.1, 0.15) is 0 Å². The standard InChI is InChI=1S/2C12H18/c1-8(2)12-7-10(4)9(3)6-11(12)5;1-8(2)12-10(4)6-9(3)7-11(12)5/h2*6-8H,1-5H3. The maximum absolute atomic E-state index is 2.31. The van der Waals surface area contributed by atoms with Gasteiger partial charge in [-0.2, -0.15) is 0 Å². The van der Waals surface area contributed by atoms with Crippen LogP contribution in [0.15, 0.2) is 24.3 Å². The quantitative estimate of drug-likeness (QED) is 0.537. The summed E-state index contributed by atoms with van der Waals surface area (Å²) in [5.74, 6) is 1.29. The van der Waals surface area contributed by atoms with Gasteiger partial charge in [0.15, 0.2) is 0 Å². The highest BCUT2D eigenvalue weighted by molar-refractivity contribution is 5.39. The Morgan fingerprint density at radius 1 is 0.500 bits per heavy atom. The molecular formula is C24H36. The molecule has 0 amide bonds. The first-order valence-corrected chi connectivity index (χ1v) is 9.20. The van der Waals surface area contributed by atoms with Crippen LogP contribution >= 0.6 is 0 Å². The lowest BCUT2D eigenvalue weighted by atomic mass is 9.92. The van der Waals surface area contributed by atoms with Crippen molar-refractivity contribution < 1.29 is 0 Å². The SMILES string of the molecule is Cc1cc(C)c(C(C)C)c(C)c1.Cc1cc(C)c(C(C)C)cc1C. The Morgan fingerprint density at radius 2 is 0.958 bits per heavy atom. The number of aryl methyl sites for hydroxylation is 6. The lowest BCUT2D eigenvalue weighted by Crippen LogP contribution is -1.96. The number of rotatable bonds is 2. The fraction of sp³-hybridized carbons (Fsp3) is 0.500. The van der Waals surface area contributed by atoms with E-state index in [2.05, 4.69) is 93.5 Å². The van der Waals surface area contributed by atoms with E-state index in [0.29, 0.717) is 11.8 Å². The Kier molecular flexibility index (Phi) is 7.27. The van der Waals surface area contributed by atoms with Crippen LogP contribution in [0.4, 0.5) is 0 Å². The van der Waals surface area contributed by atoms with Gasteiger partial charge in [-0.05, 0) is 92.3 Å². The van der Waals surface area contributed by atoms with Crippen LogP contribution in [-0.2, 0) is 0 Å². The van der Waals surface area contributed by atoms with E-state index in [1.807, 2.05) is 0 Å². The average Bonchev–Trinajstić information content (AvgIpc) is 2.41. The van der Waals surface area contributed by atoms with Crippen LogP contribution in [0.1, 0.15) is 84.0 Å². The van der Waals surface area contributed by atoms with Crippen molar-refractivity contribution in [3.63, 3.8) is 0 Å². The molecule has 0 saturated carbocycles. The molecular weight excluding hydrogens is 288 g/mol. The fourth-order valence-corrected chi connectivity index (χ4v) is 3.71. The topological polar surface area (TPSA) is 0 Å². The highest BCUT2D eigenvalue weighted by Crippen LogP contribution is 2.24. The Labute approximate surface area is 150 Å². The third-order valence-electron chi connectivity index (χ3n) is 4.82. The Hall–Kier alpha value is -1.56. The first-order valence-electron chi connectivity index (χ1n) is 9.20. The third kappa shape index (κ3) is 5.23. The monoisotopic (exact) mass is 324 g/mol. The molecule has 0 aromatic heterocycles. The van der Waals surface area contributed by atoms with Gasteiger partial charge in [-0.3, -0.25) is 0 Å². The van der Waals surface area contributed by atoms with Crippen LogP contribution in [-0.4, -0.2) is 0 Å². The van der Waals surface area contributed by atoms with Crippen molar-refractivity contribution in [2.75, 3.05) is 0 Å². The predicted octanol–water partition coefficient (Wildman–Crippen LogP) is 7.47. The van der Waals surface area contributed by atoms with Crippen LogP contribution < -0.4 is 0 Å². The van der Waals surface area contributed by atoms with E-state index in [1.165, 1.54) is 44.5 Å². The van der Waals surface area contributed by atoms with E-state index < -0.39 is 0 Å². The van der Waals surface area contributed by atoms with Gasteiger partial charge in [0.2, 0.25) is 0 Å². The summed E-state index contributed by atoms with van der Waals surface area (Å²) in [5.41, 5.74) is 11.5. The zero-order valence-electron chi connectivity index (χ0n) is 17.5. The molecule has 0 nitrogen and oxygen atoms in total. The molecule has 0 radical (unpaired) electrons. The second-order valence-electron chi connectivity index (χ2n) is 7.91. The van der Waals surface area contributed by atoms with Crippen molar-refractivity contribution in [2.45, 2.75) is 81.1 Å². The second-order valence-corrected chi connectivity index (χ2v) is 7.91. The van der Waals surface area contributed by atoms with Crippen molar-refractivity contribution in [1.82, 2.24) is 0 Å². The normalized spacial score (nSPS) is 10.8. The summed E-state index contributed by atoms with van der Waals surface area (Å²) in [6.45, 7) is 22.1. The molecule has 2 aromatic rings. The first-order chi connectivity index (χ1) is 11.0. The molecule has 0 N–H and O–H groups in total. The Bertz CT molecular complexity index is 664. The molecule has 0 aliphatic rings. The molecule has 0 fully saturated rings. The molecule has 2 aromatic carbocycles. The lowest BCUT2D eigenvalue weighted by molar-refractivity contribution is 0.845. The van der Waals surface area contributed by atoms with Crippen molar-refractivity contribution >= 4 is 0 Å². The van der Waals surface area contributed by atoms with Gasteiger partial charge in [-0.1, -0.05) is 57.5 Å². The molecule has 0 heterocycles. The first kappa shape index (κ1) is 20.5. The third-order valence-corrected chi connectivity index (χ3v) is 4.82. The van der Waals surface area contributed by atoms with Crippen molar-refractivity contribution in [1.29, 1.82) is 0 Å². The fourth-order valence-electron chi connectivity index (χ4n) is 3.71. The summed E-state index contributed by atoms with van der Waals surface area (Å²) in [7, 11) is 0. The maximum atomic E-state index is 2.31. The number of benzene rings is 2. The molecule has 0 bridgehead atoms. The van der Waals surface area contributed by atoms with Crippen LogP contribution in [0.2, 0.25) is 0 Å². The zero-order chi connectivity index (χ0) is 18.6. The van der Waals surface area contributed by atoms with Gasteiger partial charge < -0.3 is 0 Å². The molecule has 24 heavy (non-hydrogen) atoms. The van der Waals surface area contributed by atoms with Gasteiger partial charge in [0.05, 0.1) is 0 Å². The Morgan fingerprint density at radius 3 is 1.38 bits per heavy atom. The van der Waals surface area contributed by atoms with E-state index in [4.69, 9.17) is 0 Å². The minimum Gasteiger partial charge on any atom is -0.0587 e. The molecule has 0 unspecified atom stereocenters. The van der Waals surface area contributed by atoms with E-state index >= 15 is 0 Å². The van der Waals surface area contributed by atoms with E-state index in [0.717, 1.165) is 0 Å². The molecule has 0 aliphatic carbocycles. The minimum absolute atomic E-state index is 0.643. The van der Waals surface area contributed by atoms with Gasteiger partial charge >= 0.3 is 0 Å². The Balaban J connectivity index is 0.000000240. The van der Waals surface area contributed by atoms with Gasteiger partial charge in [0, 0.05) is 0 Å². The number of hydrogen-bond donors (Lipinski definition) is 0. The molecule has 0 spiro atoms. The van der Waals surface area contributed by atoms with Gasteiger partial charge in [-0.25, -0.2) is 0 Å². The average molecular weight is 325 g/mol. The summed E-state index contributed by atoms with van der Waals surface area (Å²) >= 11 is 0. The summed E-state index contributed by atoms with van der Waals surface area (Å²) in [5, 5.41) is 0. The molecule has 0 heteroatoms. The summed E-state index contributed by atoms with van der Waals surface area (Å²) < 4.78 is 0. The van der Waals surface area contributed by atoms with Crippen LogP contribution in [0.5, 0.6) is 0 Å². The summed E-state index contributed by atoms with van der Waals surface area (Å²) in [6.07, 6.45) is 0. The highest BCUT2D eigenvalue weighted by Gasteiger charge is 2.06. The van der Waals surface area contributed by atoms with Crippen molar-refractivity contribution in [3.05, 3.63) is 68.8 Å². The van der Waals surface area contributed by atoms with Gasteiger partial charge in [-0.15, -0.1) is 0 Å². The molecule has 0 saturated heterocycles. The molecule has 0 aliphatic heterocycles. The van der Waals surface area contributed by atoms with E-state index in [9.17, 15) is 0 Å². The summed E-state index contributed by atoms with van der Waals surface area (Å²) in [6, 6.07) is 9.13. The van der Waals surface area contributed by atoms with Crippen LogP contribution in [0.25, 0.3) is 0 Å². The molecule has 0 atom stereocenters. The lowest BCUT2D eigenvalue weighted by Gasteiger charge is -2.14. The molecule has 132 valence electrons. The maximum Gasteiger partial charge on any atom is -0.0214 e. The second kappa shape index (κ2) is 8.51. The predicted molar refractivity (Wildman–Crippen MR) is 109 cm³/mol. The smallest absolute Gasteiger partial charge is 0.0214 e.